The van der Waals surface area contributed by atoms with Gasteiger partial charge in [0.2, 0.25) is 0 Å². The minimum atomic E-state index is 0.191. The molecule has 1 heterocycles. The minimum Gasteiger partial charge on any atom is -0.337 e. The van der Waals surface area contributed by atoms with E-state index in [9.17, 15) is 4.79 Å². The maximum absolute atomic E-state index is 12.3. The van der Waals surface area contributed by atoms with E-state index in [1.54, 1.807) is 0 Å². The Morgan fingerprint density at radius 1 is 1.38 bits per heavy atom. The van der Waals surface area contributed by atoms with Crippen molar-refractivity contribution < 1.29 is 4.79 Å². The Kier molecular flexibility index (Phi) is 4.13. The molecule has 16 heavy (non-hydrogen) atoms. The van der Waals surface area contributed by atoms with Crippen LogP contribution in [0.2, 0.25) is 0 Å². The Hall–Kier alpha value is -0.230. The maximum atomic E-state index is 12.3. The molecule has 1 amide bonds. The van der Waals surface area contributed by atoms with Crippen LogP contribution in [0.15, 0.2) is 18.2 Å². The van der Waals surface area contributed by atoms with Crippen molar-refractivity contribution in [3.63, 3.8) is 0 Å². The second-order valence-electron chi connectivity index (χ2n) is 3.82. The fourth-order valence-electron chi connectivity index (χ4n) is 1.78. The topological polar surface area (TPSA) is 20.3 Å². The van der Waals surface area contributed by atoms with Gasteiger partial charge in [0.05, 0.1) is 0 Å². The molecule has 0 atom stereocenters. The van der Waals surface area contributed by atoms with E-state index in [1.807, 2.05) is 41.8 Å². The molecular formula is C12H14INOS. The zero-order chi connectivity index (χ0) is 11.5. The van der Waals surface area contributed by atoms with Gasteiger partial charge >= 0.3 is 0 Å². The number of amides is 1. The molecule has 1 aromatic rings. The molecule has 2 nitrogen and oxygen atoms in total. The molecule has 1 aromatic carbocycles. The summed E-state index contributed by atoms with van der Waals surface area (Å²) in [5, 5.41) is 0. The molecule has 2 rings (SSSR count). The molecule has 0 unspecified atom stereocenters. The van der Waals surface area contributed by atoms with Gasteiger partial charge in [-0.05, 0) is 47.2 Å². The van der Waals surface area contributed by atoms with E-state index in [-0.39, 0.29) is 5.91 Å². The van der Waals surface area contributed by atoms with Crippen LogP contribution in [0.5, 0.6) is 0 Å². The summed E-state index contributed by atoms with van der Waals surface area (Å²) in [5.74, 6) is 2.32. The molecule has 0 N–H and O–H groups in total. The fraction of sp³-hybridized carbons (Fsp3) is 0.417. The molecule has 0 saturated carbocycles. The molecule has 0 spiro atoms. The van der Waals surface area contributed by atoms with E-state index < -0.39 is 0 Å². The Labute approximate surface area is 114 Å². The molecule has 0 bridgehead atoms. The van der Waals surface area contributed by atoms with Gasteiger partial charge in [-0.3, -0.25) is 4.79 Å². The Bertz CT molecular complexity index is 402. The van der Waals surface area contributed by atoms with E-state index in [2.05, 4.69) is 22.6 Å². The second-order valence-corrected chi connectivity index (χ2v) is 6.20. The number of hydrogen-bond acceptors (Lipinski definition) is 2. The van der Waals surface area contributed by atoms with E-state index in [0.717, 1.165) is 39.3 Å². The van der Waals surface area contributed by atoms with Gasteiger partial charge in [-0.15, -0.1) is 0 Å². The first-order chi connectivity index (χ1) is 7.70. The number of rotatable bonds is 1. The van der Waals surface area contributed by atoms with Crippen molar-refractivity contribution in [2.45, 2.75) is 6.92 Å². The van der Waals surface area contributed by atoms with Crippen molar-refractivity contribution >= 4 is 40.3 Å². The van der Waals surface area contributed by atoms with Crippen LogP contribution >= 0.6 is 34.4 Å². The number of carbonyl (C=O) groups excluding carboxylic acids is 1. The van der Waals surface area contributed by atoms with Crippen molar-refractivity contribution in [3.8, 4) is 0 Å². The summed E-state index contributed by atoms with van der Waals surface area (Å²) in [6, 6.07) is 5.93. The van der Waals surface area contributed by atoms with Gasteiger partial charge in [-0.2, -0.15) is 11.8 Å². The van der Waals surface area contributed by atoms with E-state index >= 15 is 0 Å². The van der Waals surface area contributed by atoms with Gasteiger partial charge in [-0.1, -0.05) is 6.07 Å². The number of benzene rings is 1. The zero-order valence-electron chi connectivity index (χ0n) is 9.20. The van der Waals surface area contributed by atoms with Crippen molar-refractivity contribution in [1.82, 2.24) is 4.90 Å². The van der Waals surface area contributed by atoms with Crippen LogP contribution in [-0.4, -0.2) is 35.4 Å². The van der Waals surface area contributed by atoms with Crippen LogP contribution in [0.25, 0.3) is 0 Å². The number of hydrogen-bond donors (Lipinski definition) is 0. The molecule has 0 radical (unpaired) electrons. The summed E-state index contributed by atoms with van der Waals surface area (Å²) in [4.78, 5) is 14.3. The Morgan fingerprint density at radius 2 is 2.06 bits per heavy atom. The lowest BCUT2D eigenvalue weighted by Gasteiger charge is -2.27. The monoisotopic (exact) mass is 347 g/mol. The van der Waals surface area contributed by atoms with Crippen molar-refractivity contribution in [1.29, 1.82) is 0 Å². The van der Waals surface area contributed by atoms with Gasteiger partial charge in [0, 0.05) is 33.7 Å². The van der Waals surface area contributed by atoms with E-state index in [4.69, 9.17) is 0 Å². The molecule has 1 aliphatic rings. The van der Waals surface area contributed by atoms with Gasteiger partial charge < -0.3 is 4.90 Å². The highest BCUT2D eigenvalue weighted by atomic mass is 127. The van der Waals surface area contributed by atoms with Crippen LogP contribution in [0.4, 0.5) is 0 Å². The third-order valence-corrected chi connectivity index (χ3v) is 4.91. The van der Waals surface area contributed by atoms with Crippen molar-refractivity contribution in [2.24, 2.45) is 0 Å². The number of thioether (sulfide) groups is 1. The van der Waals surface area contributed by atoms with Crippen LogP contribution < -0.4 is 0 Å². The predicted molar refractivity (Wildman–Crippen MR) is 77.1 cm³/mol. The minimum absolute atomic E-state index is 0.191. The third kappa shape index (κ3) is 2.53. The lowest BCUT2D eigenvalue weighted by molar-refractivity contribution is 0.0771. The maximum Gasteiger partial charge on any atom is 0.254 e. The number of carbonyl (C=O) groups is 1. The van der Waals surface area contributed by atoms with Crippen LogP contribution in [0, 0.1) is 10.5 Å². The predicted octanol–water partition coefficient (Wildman–Crippen LogP) is 2.79. The van der Waals surface area contributed by atoms with Gasteiger partial charge in [0.25, 0.3) is 5.91 Å². The first-order valence-electron chi connectivity index (χ1n) is 5.32. The first-order valence-corrected chi connectivity index (χ1v) is 7.55. The molecular weight excluding hydrogens is 333 g/mol. The van der Waals surface area contributed by atoms with Crippen LogP contribution in [0.3, 0.4) is 0 Å². The second kappa shape index (κ2) is 5.40. The van der Waals surface area contributed by atoms with Crippen LogP contribution in [0.1, 0.15) is 15.9 Å². The summed E-state index contributed by atoms with van der Waals surface area (Å²) in [5.41, 5.74) is 1.96. The fourth-order valence-corrected chi connectivity index (χ4v) is 3.18. The quantitative estimate of drug-likeness (QED) is 0.729. The first kappa shape index (κ1) is 12.2. The highest BCUT2D eigenvalue weighted by molar-refractivity contribution is 14.1. The normalized spacial score (nSPS) is 16.2. The molecule has 1 fully saturated rings. The lowest BCUT2D eigenvalue weighted by atomic mass is 10.1. The SMILES string of the molecule is Cc1c(I)cccc1C(=O)N1CCSCC1. The summed E-state index contributed by atoms with van der Waals surface area (Å²) in [7, 11) is 0. The molecule has 0 aliphatic carbocycles. The Balaban J connectivity index is 2.22. The average molecular weight is 347 g/mol. The van der Waals surface area contributed by atoms with E-state index in [1.165, 1.54) is 0 Å². The molecule has 1 aliphatic heterocycles. The standard InChI is InChI=1S/C12H14INOS/c1-9-10(3-2-4-11(9)13)12(15)14-5-7-16-8-6-14/h2-4H,5-8H2,1H3. The van der Waals surface area contributed by atoms with Crippen molar-refractivity contribution in [2.75, 3.05) is 24.6 Å². The van der Waals surface area contributed by atoms with Crippen LogP contribution in [-0.2, 0) is 0 Å². The van der Waals surface area contributed by atoms with E-state index in [0.29, 0.717) is 0 Å². The molecule has 86 valence electrons. The van der Waals surface area contributed by atoms with Gasteiger partial charge in [0.1, 0.15) is 0 Å². The largest absolute Gasteiger partial charge is 0.337 e. The summed E-state index contributed by atoms with van der Waals surface area (Å²) in [6.45, 7) is 3.79. The average Bonchev–Trinajstić information content (AvgIpc) is 2.33. The lowest BCUT2D eigenvalue weighted by Crippen LogP contribution is -2.38. The summed E-state index contributed by atoms with van der Waals surface area (Å²) in [6.07, 6.45) is 0. The van der Waals surface area contributed by atoms with Gasteiger partial charge in [-0.25, -0.2) is 0 Å². The third-order valence-electron chi connectivity index (χ3n) is 2.80. The highest BCUT2D eigenvalue weighted by Crippen LogP contribution is 2.19. The van der Waals surface area contributed by atoms with Crippen molar-refractivity contribution in [3.05, 3.63) is 32.9 Å². The molecule has 1 saturated heterocycles. The zero-order valence-corrected chi connectivity index (χ0v) is 12.2. The smallest absolute Gasteiger partial charge is 0.254 e. The highest BCUT2D eigenvalue weighted by Gasteiger charge is 2.20. The van der Waals surface area contributed by atoms with Gasteiger partial charge in [0.15, 0.2) is 0 Å². The molecule has 0 aromatic heterocycles. The Morgan fingerprint density at radius 3 is 2.75 bits per heavy atom. The summed E-state index contributed by atoms with van der Waals surface area (Å²) < 4.78 is 1.16. The summed E-state index contributed by atoms with van der Waals surface area (Å²) >= 11 is 4.20. The number of nitrogens with zero attached hydrogens (tertiary/aromatic N) is 1. The molecule has 4 heteroatoms. The number of halogens is 1.